The quantitative estimate of drug-likeness (QED) is 0.111. The molecule has 0 radical (unpaired) electrons. The number of phosphoric acid groups is 1. The lowest BCUT2D eigenvalue weighted by Crippen LogP contribution is -2.35. The Kier molecular flexibility index (Phi) is 7.49. The Morgan fingerprint density at radius 3 is 2.75 bits per heavy atom. The number of nitrogens with zero attached hydrogens (tertiary/aromatic N) is 8. The van der Waals surface area contributed by atoms with Crippen LogP contribution in [0.4, 0.5) is 11.8 Å². The van der Waals surface area contributed by atoms with Crippen molar-refractivity contribution in [3.63, 3.8) is 0 Å². The number of aromatic amines is 1. The van der Waals surface area contributed by atoms with Crippen LogP contribution in [0.25, 0.3) is 16.8 Å². The van der Waals surface area contributed by atoms with Crippen molar-refractivity contribution in [1.82, 2.24) is 44.5 Å². The maximum Gasteiger partial charge on any atom is 0.472 e. The van der Waals surface area contributed by atoms with Gasteiger partial charge in [0.25, 0.3) is 5.56 Å². The predicted molar refractivity (Wildman–Crippen MR) is 153 cm³/mol. The van der Waals surface area contributed by atoms with Gasteiger partial charge in [-0.1, -0.05) is 17.5 Å². The van der Waals surface area contributed by atoms with E-state index in [9.17, 15) is 23.9 Å². The smallest absolute Gasteiger partial charge is 0.389 e. The van der Waals surface area contributed by atoms with Gasteiger partial charge in [-0.25, -0.2) is 28.3 Å². The van der Waals surface area contributed by atoms with Gasteiger partial charge < -0.3 is 26.2 Å². The molecule has 0 amide bonds. The fourth-order valence-electron chi connectivity index (χ4n) is 5.22. The fraction of sp³-hybridized carbons (Fsp3) is 0.526. The molecule has 2 bridgehead atoms. The number of aliphatic hydroxyl groups excluding tert-OH is 1. The van der Waals surface area contributed by atoms with Crippen molar-refractivity contribution in [2.75, 3.05) is 31.3 Å². The van der Waals surface area contributed by atoms with E-state index in [0.29, 0.717) is 5.69 Å². The number of thiol groups is 1. The average Bonchev–Trinajstić information content (AvgIpc) is 3.72. The van der Waals surface area contributed by atoms with E-state index in [1.807, 2.05) is 0 Å². The van der Waals surface area contributed by atoms with Gasteiger partial charge in [-0.2, -0.15) is 10.1 Å². The number of thioether (sulfide) groups is 1. The zero-order valence-electron chi connectivity index (χ0n) is 22.0. The average molecular weight is 692 g/mol. The summed E-state index contributed by atoms with van der Waals surface area (Å²) in [6.07, 6.45) is -2.41. The number of aromatic nitrogens is 9. The minimum Gasteiger partial charge on any atom is -0.389 e. The van der Waals surface area contributed by atoms with Crippen LogP contribution in [0.5, 0.6) is 0 Å². The van der Waals surface area contributed by atoms with Gasteiger partial charge in [0.15, 0.2) is 22.6 Å². The lowest BCUT2D eigenvalue weighted by Gasteiger charge is -2.27. The normalized spacial score (nSPS) is 36.6. The van der Waals surface area contributed by atoms with E-state index in [4.69, 9.17) is 34.3 Å². The van der Waals surface area contributed by atoms with Crippen LogP contribution in [0.15, 0.2) is 17.3 Å². The molecule has 4 aromatic rings. The molecule has 44 heavy (non-hydrogen) atoms. The lowest BCUT2D eigenvalue weighted by molar-refractivity contribution is -0.000834. The van der Waals surface area contributed by atoms with Gasteiger partial charge in [0.1, 0.15) is 30.0 Å². The van der Waals surface area contributed by atoms with Crippen molar-refractivity contribution in [3.8, 4) is 0 Å². The van der Waals surface area contributed by atoms with Crippen LogP contribution in [0, 0.1) is 0 Å². The van der Waals surface area contributed by atoms with Gasteiger partial charge in [0.2, 0.25) is 5.95 Å². The largest absolute Gasteiger partial charge is 0.472 e. The van der Waals surface area contributed by atoms with Crippen molar-refractivity contribution < 1.29 is 42.0 Å². The molecule has 4 aromatic heterocycles. The number of phosphoric ester groups is 1. The Bertz CT molecular complexity index is 1910. The van der Waals surface area contributed by atoms with Gasteiger partial charge in [-0.05, 0) is 0 Å². The molecular formula is C19H23N11O10P2S2. The highest BCUT2D eigenvalue weighted by atomic mass is 32.7. The number of rotatable bonds is 2. The first-order valence-corrected chi connectivity index (χ1v) is 17.9. The summed E-state index contributed by atoms with van der Waals surface area (Å²) >= 11 is 5.07. The molecule has 21 nitrogen and oxygen atoms in total. The molecule has 9 atom stereocenters. The number of hydrogen-bond donors (Lipinski definition) is 6. The Morgan fingerprint density at radius 1 is 1.11 bits per heavy atom. The molecule has 0 aromatic carbocycles. The second kappa shape index (κ2) is 11.0. The number of nitrogens with two attached hydrogens (primary N) is 2. The molecular weight excluding hydrogens is 668 g/mol. The molecule has 4 unspecified atom stereocenters. The highest BCUT2D eigenvalue weighted by Gasteiger charge is 2.52. The van der Waals surface area contributed by atoms with Crippen molar-refractivity contribution in [2.24, 2.45) is 0 Å². The molecule has 3 aliphatic heterocycles. The number of nitrogen functional groups attached to an aromatic ring is 2. The van der Waals surface area contributed by atoms with Crippen LogP contribution >= 0.6 is 38.6 Å². The molecule has 7 rings (SSSR count). The molecule has 3 aliphatic rings. The highest BCUT2D eigenvalue weighted by Crippen LogP contribution is 2.60. The SMILES string of the molecule is Nc1nc2c(nnn2C2S[C@@H]3COP(=O)(O)O[C@H]4C(c5cnc6c(N)ncnn56)CO[C@@H]4COP(=O)(S)O[C@@H]2[C@@H]3O)c(=O)[nH]1. The maximum atomic E-state index is 13.5. The van der Waals surface area contributed by atoms with Gasteiger partial charge in [0, 0.05) is 0 Å². The van der Waals surface area contributed by atoms with Crippen LogP contribution in [-0.4, -0.2) is 104 Å². The van der Waals surface area contributed by atoms with Crippen molar-refractivity contribution in [3.05, 3.63) is 28.6 Å². The highest BCUT2D eigenvalue weighted by molar-refractivity contribution is 8.44. The zero-order chi connectivity index (χ0) is 31.0. The first-order chi connectivity index (χ1) is 20.9. The second-order valence-electron chi connectivity index (χ2n) is 9.92. The van der Waals surface area contributed by atoms with Crippen LogP contribution in [-0.2, 0) is 32.0 Å². The Labute approximate surface area is 254 Å². The number of imidazole rings is 1. The number of aliphatic hydroxyl groups is 1. The minimum atomic E-state index is -4.84. The molecule has 7 heterocycles. The standard InChI is InChI=1S/C19H23N11O10P2S2/c20-14-16-22-1-7(29(16)24-5-23-14)6-2-36-8-3-38-42(35,43)40-13-11(31)9(4-37-41(33,34)39-12(6)8)44-18(13)30-15-10(27-28-30)17(32)26-19(21)25-15/h1,5-6,8-9,11-13,18,31H,2-4H2,(H,33,34)(H,35,43)(H2,20,23,24)(H3,21,25,26,32)/t6?,8-,9-,11-,12+,13-,18?,42?/m1/s1. The molecule has 0 aliphatic carbocycles. The van der Waals surface area contributed by atoms with E-state index in [1.54, 1.807) is 0 Å². The number of hydrogen-bond acceptors (Lipinski definition) is 18. The summed E-state index contributed by atoms with van der Waals surface area (Å²) in [6, 6.07) is 0. The minimum absolute atomic E-state index is 0.0371. The predicted octanol–water partition coefficient (Wildman–Crippen LogP) is -0.770. The Morgan fingerprint density at radius 2 is 1.93 bits per heavy atom. The van der Waals surface area contributed by atoms with Gasteiger partial charge in [0.05, 0.1) is 49.0 Å². The molecule has 25 heteroatoms. The third-order valence-corrected chi connectivity index (χ3v) is 11.3. The van der Waals surface area contributed by atoms with E-state index in [-0.39, 0.29) is 35.2 Å². The van der Waals surface area contributed by atoms with Crippen LogP contribution in [0.3, 0.4) is 0 Å². The maximum absolute atomic E-state index is 13.5. The van der Waals surface area contributed by atoms with Crippen molar-refractivity contribution in [2.45, 2.75) is 41.0 Å². The summed E-state index contributed by atoms with van der Waals surface area (Å²) in [5.41, 5.74) is 11.4. The molecule has 3 saturated heterocycles. The molecule has 0 spiro atoms. The number of anilines is 2. The molecule has 7 N–H and O–H groups in total. The number of nitrogens with one attached hydrogen (secondary N) is 1. The summed E-state index contributed by atoms with van der Waals surface area (Å²) < 4.78 is 57.4. The summed E-state index contributed by atoms with van der Waals surface area (Å²) in [6.45, 7) is -5.32. The summed E-state index contributed by atoms with van der Waals surface area (Å²) in [5, 5.41) is 21.1. The third kappa shape index (κ3) is 5.30. The summed E-state index contributed by atoms with van der Waals surface area (Å²) in [7, 11) is -4.84. The first kappa shape index (κ1) is 30.0. The molecule has 3 fully saturated rings. The van der Waals surface area contributed by atoms with Crippen LogP contribution in [0.2, 0.25) is 0 Å². The number of ether oxygens (including phenoxy) is 1. The van der Waals surface area contributed by atoms with Crippen molar-refractivity contribution in [1.29, 1.82) is 0 Å². The second-order valence-corrected chi connectivity index (χ2v) is 15.6. The monoisotopic (exact) mass is 691 g/mol. The van der Waals surface area contributed by atoms with Crippen LogP contribution < -0.4 is 17.0 Å². The van der Waals surface area contributed by atoms with Gasteiger partial charge >= 0.3 is 14.6 Å². The van der Waals surface area contributed by atoms with E-state index in [0.717, 1.165) is 16.4 Å². The molecule has 236 valence electrons. The van der Waals surface area contributed by atoms with E-state index in [2.05, 4.69) is 47.6 Å². The van der Waals surface area contributed by atoms with Crippen LogP contribution in [0.1, 0.15) is 17.0 Å². The zero-order valence-corrected chi connectivity index (χ0v) is 25.5. The number of H-pyrrole nitrogens is 1. The molecule has 0 saturated carbocycles. The lowest BCUT2D eigenvalue weighted by atomic mass is 9.99. The van der Waals surface area contributed by atoms with E-state index in [1.165, 1.54) is 17.0 Å². The Hall–Kier alpha value is -2.69. The van der Waals surface area contributed by atoms with E-state index >= 15 is 0 Å². The summed E-state index contributed by atoms with van der Waals surface area (Å²) in [5.74, 6) is -0.841. The third-order valence-electron chi connectivity index (χ3n) is 7.21. The summed E-state index contributed by atoms with van der Waals surface area (Å²) in [4.78, 5) is 37.6. The first-order valence-electron chi connectivity index (χ1n) is 12.7. The van der Waals surface area contributed by atoms with Gasteiger partial charge in [-0.15, -0.1) is 16.9 Å². The van der Waals surface area contributed by atoms with Gasteiger partial charge in [-0.3, -0.25) is 27.9 Å². The Balaban J connectivity index is 1.21. The number of fused-ring (bicyclic) bond motifs is 5. The topological polar surface area (TPSA) is 292 Å². The van der Waals surface area contributed by atoms with E-state index < -0.39 is 74.4 Å². The van der Waals surface area contributed by atoms with Crippen molar-refractivity contribution >= 4 is 67.2 Å². The fourth-order valence-corrected chi connectivity index (χ4v) is 9.32.